The third kappa shape index (κ3) is 4.85. The lowest BCUT2D eigenvalue weighted by atomic mass is 9.74. The molecule has 0 saturated carbocycles. The molecule has 0 aromatic heterocycles. The van der Waals surface area contributed by atoms with Crippen molar-refractivity contribution in [3.05, 3.63) is 79.7 Å². The van der Waals surface area contributed by atoms with E-state index in [9.17, 15) is 25.0 Å². The molecular formula is C15H14BClN4O6. The van der Waals surface area contributed by atoms with Gasteiger partial charge in [0.2, 0.25) is 0 Å². The van der Waals surface area contributed by atoms with E-state index in [4.69, 9.17) is 11.6 Å². The van der Waals surface area contributed by atoms with Gasteiger partial charge < -0.3 is 14.8 Å². The van der Waals surface area contributed by atoms with Gasteiger partial charge in [0.25, 0.3) is 11.4 Å². The van der Waals surface area contributed by atoms with Crippen molar-refractivity contribution in [2.75, 3.05) is 6.61 Å². The summed E-state index contributed by atoms with van der Waals surface area (Å²) in [6.45, 7) is 1.95. The zero-order valence-corrected chi connectivity index (χ0v) is 14.8. The molecule has 0 atom stereocenters. The first-order chi connectivity index (χ1) is 12.8. The van der Waals surface area contributed by atoms with Crippen molar-refractivity contribution in [1.29, 1.82) is 0 Å². The Hall–Kier alpha value is -3.34. The van der Waals surface area contributed by atoms with Crippen molar-refractivity contribution in [3.63, 3.8) is 0 Å². The number of carbonyl (C=O) groups is 1. The van der Waals surface area contributed by atoms with Crippen LogP contribution in [0.1, 0.15) is 17.3 Å². The molecule has 3 rings (SSSR count). The van der Waals surface area contributed by atoms with Crippen LogP contribution in [0.15, 0.2) is 48.9 Å². The number of nitro benzene ring substituents is 2. The Morgan fingerprint density at radius 2 is 1.85 bits per heavy atom. The Morgan fingerprint density at radius 3 is 2.37 bits per heavy atom. The highest BCUT2D eigenvalue weighted by molar-refractivity contribution is 6.60. The molecule has 0 spiro atoms. The van der Waals surface area contributed by atoms with Crippen LogP contribution in [-0.2, 0) is 4.74 Å². The summed E-state index contributed by atoms with van der Waals surface area (Å²) in [6, 6.07) is 1.68. The number of halogens is 1. The van der Waals surface area contributed by atoms with E-state index in [1.165, 1.54) is 6.92 Å². The minimum Gasteiger partial charge on any atom is -0.462 e. The van der Waals surface area contributed by atoms with Crippen molar-refractivity contribution >= 4 is 35.9 Å². The first-order valence-electron chi connectivity index (χ1n) is 7.69. The highest BCUT2D eigenvalue weighted by Crippen LogP contribution is 2.35. The van der Waals surface area contributed by atoms with Gasteiger partial charge in [0.05, 0.1) is 22.0 Å². The van der Waals surface area contributed by atoms with Gasteiger partial charge >= 0.3 is 13.0 Å². The average Bonchev–Trinajstić information content (AvgIpc) is 3.10. The normalized spacial score (nSPS) is 13.4. The molecular weight excluding hydrogens is 378 g/mol. The monoisotopic (exact) mass is 392 g/mol. The van der Waals surface area contributed by atoms with Gasteiger partial charge in [-0.25, -0.2) is 4.79 Å². The molecule has 1 aromatic rings. The van der Waals surface area contributed by atoms with E-state index in [0.29, 0.717) is 6.98 Å². The second-order valence-corrected chi connectivity index (χ2v) is 5.54. The number of nitrogens with zero attached hydrogens (tertiary/aromatic N) is 3. The van der Waals surface area contributed by atoms with Crippen LogP contribution in [0.4, 0.5) is 11.4 Å². The number of benzene rings is 1. The fraction of sp³-hybridized carbons (Fsp3) is 0.133. The van der Waals surface area contributed by atoms with Crippen molar-refractivity contribution in [2.24, 2.45) is 0 Å². The van der Waals surface area contributed by atoms with Gasteiger partial charge in [0.15, 0.2) is 5.02 Å². The molecule has 0 radical (unpaired) electrons. The predicted molar refractivity (Wildman–Crippen MR) is 98.9 cm³/mol. The molecule has 0 unspecified atom stereocenters. The van der Waals surface area contributed by atoms with Gasteiger partial charge in [-0.3, -0.25) is 20.2 Å². The van der Waals surface area contributed by atoms with Crippen LogP contribution in [0, 0.1) is 20.2 Å². The molecule has 12 heteroatoms. The van der Waals surface area contributed by atoms with Crippen LogP contribution in [-0.4, -0.2) is 34.2 Å². The Balaban J connectivity index is 0.000000239. The van der Waals surface area contributed by atoms with E-state index < -0.39 is 32.2 Å². The average molecular weight is 393 g/mol. The van der Waals surface area contributed by atoms with E-state index in [1.807, 2.05) is 30.8 Å². The maximum atomic E-state index is 11.4. The van der Waals surface area contributed by atoms with Gasteiger partial charge in [0.1, 0.15) is 0 Å². The Labute approximate surface area is 159 Å². The summed E-state index contributed by atoms with van der Waals surface area (Å²) in [4.78, 5) is 33.0. The molecule has 2 heterocycles. The number of hydrogen-bond donors (Lipinski definition) is 1. The van der Waals surface area contributed by atoms with Crippen LogP contribution >= 0.6 is 11.6 Å². The molecule has 0 fully saturated rings. The second-order valence-electron chi connectivity index (χ2n) is 5.16. The SMILES string of the molecule is C1=CB2NC=CN2C=C1.CCOC(=O)c1cc([N+](=O)[O-])c(Cl)c([N+](=O)[O-])c1. The maximum Gasteiger partial charge on any atom is 0.404 e. The third-order valence-corrected chi connectivity index (χ3v) is 3.82. The molecule has 0 saturated heterocycles. The largest absolute Gasteiger partial charge is 0.462 e. The molecule has 140 valence electrons. The lowest BCUT2D eigenvalue weighted by molar-refractivity contribution is -0.393. The molecule has 10 nitrogen and oxygen atoms in total. The van der Waals surface area contributed by atoms with Crippen molar-refractivity contribution < 1.29 is 19.4 Å². The van der Waals surface area contributed by atoms with E-state index in [2.05, 4.69) is 20.8 Å². The Morgan fingerprint density at radius 1 is 1.22 bits per heavy atom. The van der Waals surface area contributed by atoms with Gasteiger partial charge in [0, 0.05) is 24.5 Å². The zero-order chi connectivity index (χ0) is 20.0. The van der Waals surface area contributed by atoms with Crippen LogP contribution in [0.5, 0.6) is 0 Å². The number of hydrogen-bond acceptors (Lipinski definition) is 8. The molecule has 1 N–H and O–H groups in total. The zero-order valence-electron chi connectivity index (χ0n) is 14.1. The number of carbonyl (C=O) groups excluding carboxylic acids is 1. The van der Waals surface area contributed by atoms with Gasteiger partial charge in [-0.15, -0.1) is 0 Å². The number of allylic oxidation sites excluding steroid dienone is 2. The van der Waals surface area contributed by atoms with Crippen LogP contribution < -0.4 is 5.23 Å². The minimum atomic E-state index is -0.905. The Kier molecular flexibility index (Phi) is 6.55. The fourth-order valence-electron chi connectivity index (χ4n) is 2.21. The molecule has 0 amide bonds. The summed E-state index contributed by atoms with van der Waals surface area (Å²) in [5.74, 6) is 1.22. The molecule has 2 aliphatic rings. The third-order valence-electron chi connectivity index (χ3n) is 3.44. The number of nitrogens with one attached hydrogen (secondary N) is 1. The number of esters is 1. The van der Waals surface area contributed by atoms with E-state index in [1.54, 1.807) is 0 Å². The molecule has 0 bridgehead atoms. The quantitative estimate of drug-likeness (QED) is 0.358. The number of nitro groups is 2. The first-order valence-corrected chi connectivity index (χ1v) is 8.07. The highest BCUT2D eigenvalue weighted by atomic mass is 35.5. The van der Waals surface area contributed by atoms with Gasteiger partial charge in [-0.1, -0.05) is 23.7 Å². The summed E-state index contributed by atoms with van der Waals surface area (Å²) >= 11 is 5.52. The van der Waals surface area contributed by atoms with E-state index in [-0.39, 0.29) is 12.2 Å². The van der Waals surface area contributed by atoms with Crippen LogP contribution in [0.3, 0.4) is 0 Å². The van der Waals surface area contributed by atoms with Crippen LogP contribution in [0.25, 0.3) is 0 Å². The lowest BCUT2D eigenvalue weighted by Gasteiger charge is -2.16. The fourth-order valence-corrected chi connectivity index (χ4v) is 2.46. The van der Waals surface area contributed by atoms with Gasteiger partial charge in [-0.05, 0) is 19.2 Å². The summed E-state index contributed by atoms with van der Waals surface area (Å²) in [7, 11) is 0. The number of ether oxygens (including phenoxy) is 1. The van der Waals surface area contributed by atoms with Crippen molar-refractivity contribution in [1.82, 2.24) is 10.0 Å². The number of rotatable bonds is 4. The maximum absolute atomic E-state index is 11.4. The van der Waals surface area contributed by atoms with Gasteiger partial charge in [-0.2, -0.15) is 0 Å². The smallest absolute Gasteiger partial charge is 0.404 e. The lowest BCUT2D eigenvalue weighted by Crippen LogP contribution is -2.36. The standard InChI is InChI=1S/C9H7ClN2O6.C6H7BN2/c1-2-18-9(13)5-3-6(11(14)15)8(10)7(4-5)12(16)17;1-2-5-9-6-4-8-7(9)3-1/h3-4H,2H2,1H3;1-6,8H. The first kappa shape index (κ1) is 20.0. The van der Waals surface area contributed by atoms with Crippen molar-refractivity contribution in [2.45, 2.75) is 6.92 Å². The molecule has 0 aliphatic carbocycles. The summed E-state index contributed by atoms with van der Waals surface area (Å²) < 4.78 is 4.61. The molecule has 1 aromatic carbocycles. The van der Waals surface area contributed by atoms with Crippen LogP contribution in [0.2, 0.25) is 5.02 Å². The molecule has 2 aliphatic heterocycles. The minimum absolute atomic E-state index is 0.0447. The topological polar surface area (TPSA) is 128 Å². The summed E-state index contributed by atoms with van der Waals surface area (Å²) in [6.07, 6.45) is 10.1. The van der Waals surface area contributed by atoms with Crippen molar-refractivity contribution in [3.8, 4) is 0 Å². The van der Waals surface area contributed by atoms with E-state index in [0.717, 1.165) is 12.1 Å². The summed E-state index contributed by atoms with van der Waals surface area (Å²) in [5.41, 5.74) is -1.72. The summed E-state index contributed by atoms with van der Waals surface area (Å²) in [5, 5.41) is 23.9. The predicted octanol–water partition coefficient (Wildman–Crippen LogP) is 2.81. The van der Waals surface area contributed by atoms with E-state index >= 15 is 0 Å². The Bertz CT molecular complexity index is 822. The second kappa shape index (κ2) is 8.85. The highest BCUT2D eigenvalue weighted by Gasteiger charge is 2.27. The molecule has 27 heavy (non-hydrogen) atoms. The number of fused-ring (bicyclic) bond motifs is 1.